The molecular weight excluding hydrogens is 374 g/mol. The fourth-order valence-electron chi connectivity index (χ4n) is 3.49. The molecule has 0 saturated carbocycles. The number of rotatable bonds is 5. The van der Waals surface area contributed by atoms with Crippen molar-refractivity contribution in [2.45, 2.75) is 25.7 Å². The van der Waals surface area contributed by atoms with Crippen molar-refractivity contribution in [3.63, 3.8) is 0 Å². The van der Waals surface area contributed by atoms with Gasteiger partial charge in [-0.1, -0.05) is 48.0 Å². The number of hydrogen-bond acceptors (Lipinski definition) is 4. The van der Waals surface area contributed by atoms with Gasteiger partial charge in [-0.05, 0) is 54.8 Å². The Morgan fingerprint density at radius 2 is 1.54 bits per heavy atom. The predicted molar refractivity (Wildman–Crippen MR) is 111 cm³/mol. The molecule has 0 unspecified atom stereocenters. The summed E-state index contributed by atoms with van der Waals surface area (Å²) in [5.74, 6) is -0.622. The van der Waals surface area contributed by atoms with Crippen molar-refractivity contribution in [3.8, 4) is 0 Å². The quantitative estimate of drug-likeness (QED) is 0.607. The molecule has 0 spiro atoms. The van der Waals surface area contributed by atoms with Gasteiger partial charge in [0.1, 0.15) is 6.54 Å². The normalized spacial score (nSPS) is 11.4. The third kappa shape index (κ3) is 3.73. The summed E-state index contributed by atoms with van der Waals surface area (Å²) >= 11 is 0. The Kier molecular flexibility index (Phi) is 5.42. The molecule has 0 amide bonds. The van der Waals surface area contributed by atoms with Crippen LogP contribution in [0.3, 0.4) is 0 Å². The number of nitrogens with zero attached hydrogens (tertiary/aromatic N) is 1. The monoisotopic (exact) mass is 397 g/mol. The molecule has 0 atom stereocenters. The lowest BCUT2D eigenvalue weighted by molar-refractivity contribution is -0.138. The number of sulfonamides is 1. The lowest BCUT2D eigenvalue weighted by Gasteiger charge is -2.27. The highest BCUT2D eigenvalue weighted by Gasteiger charge is 2.30. The highest BCUT2D eigenvalue weighted by Crippen LogP contribution is 2.32. The molecule has 0 aromatic heterocycles. The molecule has 3 aromatic rings. The highest BCUT2D eigenvalue weighted by atomic mass is 32.2. The van der Waals surface area contributed by atoms with Gasteiger partial charge in [0, 0.05) is 0 Å². The molecule has 0 aliphatic rings. The lowest BCUT2D eigenvalue weighted by Crippen LogP contribution is -2.37. The second kappa shape index (κ2) is 7.64. The van der Waals surface area contributed by atoms with Crippen LogP contribution in [0.25, 0.3) is 10.8 Å². The van der Waals surface area contributed by atoms with Gasteiger partial charge < -0.3 is 4.74 Å². The van der Waals surface area contributed by atoms with E-state index < -0.39 is 22.5 Å². The number of aryl methyl sites for hydroxylation is 3. The number of methoxy groups -OCH3 is 1. The Morgan fingerprint density at radius 3 is 2.14 bits per heavy atom. The maximum Gasteiger partial charge on any atom is 0.326 e. The van der Waals surface area contributed by atoms with Gasteiger partial charge in [-0.3, -0.25) is 9.10 Å². The number of benzene rings is 3. The van der Waals surface area contributed by atoms with Crippen LogP contribution in [-0.2, 0) is 19.6 Å². The zero-order chi connectivity index (χ0) is 20.5. The van der Waals surface area contributed by atoms with E-state index in [1.807, 2.05) is 57.2 Å². The van der Waals surface area contributed by atoms with Crippen molar-refractivity contribution >= 4 is 32.5 Å². The third-order valence-corrected chi connectivity index (χ3v) is 6.44. The molecule has 0 aliphatic carbocycles. The van der Waals surface area contributed by atoms with Crippen LogP contribution in [0.1, 0.15) is 16.7 Å². The molecular formula is C22H23NO4S. The van der Waals surface area contributed by atoms with Gasteiger partial charge >= 0.3 is 5.97 Å². The standard InChI is InChI=1S/C22H23NO4S/c1-15-11-16(2)22(17(3)12-15)23(14-21(24)27-4)28(25,26)20-10-9-18-7-5-6-8-19(18)13-20/h5-13H,14H2,1-4H3. The van der Waals surface area contributed by atoms with Gasteiger partial charge in [-0.15, -0.1) is 0 Å². The van der Waals surface area contributed by atoms with E-state index in [4.69, 9.17) is 4.74 Å². The van der Waals surface area contributed by atoms with Crippen LogP contribution in [0.5, 0.6) is 0 Å². The number of ether oxygens (including phenoxy) is 1. The minimum Gasteiger partial charge on any atom is -0.468 e. The summed E-state index contributed by atoms with van der Waals surface area (Å²) in [7, 11) is -2.73. The van der Waals surface area contributed by atoms with Crippen LogP contribution in [0, 0.1) is 20.8 Å². The number of anilines is 1. The average molecular weight is 397 g/mol. The molecule has 6 heteroatoms. The van der Waals surface area contributed by atoms with Crippen molar-refractivity contribution in [1.82, 2.24) is 0 Å². The molecule has 0 heterocycles. The topological polar surface area (TPSA) is 63.7 Å². The van der Waals surface area contributed by atoms with E-state index in [0.717, 1.165) is 31.8 Å². The van der Waals surface area contributed by atoms with E-state index in [2.05, 4.69) is 0 Å². The molecule has 3 rings (SSSR count). The Balaban J connectivity index is 2.19. The van der Waals surface area contributed by atoms with Gasteiger partial charge in [0.05, 0.1) is 17.7 Å². The van der Waals surface area contributed by atoms with Crippen LogP contribution in [0.4, 0.5) is 5.69 Å². The van der Waals surface area contributed by atoms with Crippen LogP contribution < -0.4 is 4.31 Å². The van der Waals surface area contributed by atoms with Crippen molar-refractivity contribution in [2.75, 3.05) is 18.0 Å². The fourth-order valence-corrected chi connectivity index (χ4v) is 5.06. The Bertz CT molecular complexity index is 1130. The van der Waals surface area contributed by atoms with E-state index >= 15 is 0 Å². The van der Waals surface area contributed by atoms with Crippen molar-refractivity contribution in [3.05, 3.63) is 71.3 Å². The first-order valence-corrected chi connectivity index (χ1v) is 10.3. The summed E-state index contributed by atoms with van der Waals surface area (Å²) in [6.07, 6.45) is 0. The Morgan fingerprint density at radius 1 is 0.929 bits per heavy atom. The van der Waals surface area contributed by atoms with Gasteiger partial charge in [-0.2, -0.15) is 0 Å². The first kappa shape index (κ1) is 19.9. The van der Waals surface area contributed by atoms with Crippen LogP contribution in [0.2, 0.25) is 0 Å². The SMILES string of the molecule is COC(=O)CN(c1c(C)cc(C)cc1C)S(=O)(=O)c1ccc2ccccc2c1. The van der Waals surface area contributed by atoms with Crippen LogP contribution in [-0.4, -0.2) is 28.0 Å². The summed E-state index contributed by atoms with van der Waals surface area (Å²) in [5, 5.41) is 1.77. The first-order chi connectivity index (χ1) is 13.2. The van der Waals surface area contributed by atoms with Crippen LogP contribution in [0.15, 0.2) is 59.5 Å². The number of carbonyl (C=O) groups excluding carboxylic acids is 1. The highest BCUT2D eigenvalue weighted by molar-refractivity contribution is 7.92. The van der Waals surface area contributed by atoms with E-state index in [1.165, 1.54) is 7.11 Å². The summed E-state index contributed by atoms with van der Waals surface area (Å²) in [6.45, 7) is 5.24. The Labute approximate surface area is 165 Å². The summed E-state index contributed by atoms with van der Waals surface area (Å²) in [6, 6.07) is 16.3. The lowest BCUT2D eigenvalue weighted by atomic mass is 10.1. The predicted octanol–water partition coefficient (Wildman–Crippen LogP) is 4.13. The molecule has 146 valence electrons. The first-order valence-electron chi connectivity index (χ1n) is 8.90. The molecule has 0 bridgehead atoms. The molecule has 0 aliphatic heterocycles. The van der Waals surface area contributed by atoms with E-state index in [-0.39, 0.29) is 4.90 Å². The van der Waals surface area contributed by atoms with E-state index in [9.17, 15) is 13.2 Å². The minimum atomic E-state index is -3.98. The number of fused-ring (bicyclic) bond motifs is 1. The molecule has 3 aromatic carbocycles. The smallest absolute Gasteiger partial charge is 0.326 e. The fraction of sp³-hybridized carbons (Fsp3) is 0.227. The third-order valence-electron chi connectivity index (χ3n) is 4.69. The minimum absolute atomic E-state index is 0.134. The van der Waals surface area contributed by atoms with Gasteiger partial charge in [-0.25, -0.2) is 8.42 Å². The van der Waals surface area contributed by atoms with E-state index in [0.29, 0.717) is 5.69 Å². The van der Waals surface area contributed by atoms with Crippen LogP contribution >= 0.6 is 0 Å². The molecule has 5 nitrogen and oxygen atoms in total. The molecule has 28 heavy (non-hydrogen) atoms. The summed E-state index contributed by atoms with van der Waals surface area (Å²) < 4.78 is 33.0. The summed E-state index contributed by atoms with van der Waals surface area (Å²) in [5.41, 5.74) is 3.10. The largest absolute Gasteiger partial charge is 0.468 e. The van der Waals surface area contributed by atoms with Crippen molar-refractivity contribution in [2.24, 2.45) is 0 Å². The molecule has 0 saturated heterocycles. The molecule has 0 radical (unpaired) electrons. The Hall–Kier alpha value is -2.86. The maximum absolute atomic E-state index is 13.5. The van der Waals surface area contributed by atoms with Gasteiger partial charge in [0.25, 0.3) is 10.0 Å². The maximum atomic E-state index is 13.5. The molecule has 0 N–H and O–H groups in total. The number of hydrogen-bond donors (Lipinski definition) is 0. The average Bonchev–Trinajstić information content (AvgIpc) is 2.65. The number of carbonyl (C=O) groups is 1. The number of esters is 1. The second-order valence-electron chi connectivity index (χ2n) is 6.84. The van der Waals surface area contributed by atoms with Gasteiger partial charge in [0.2, 0.25) is 0 Å². The summed E-state index contributed by atoms with van der Waals surface area (Å²) in [4.78, 5) is 12.2. The zero-order valence-corrected chi connectivity index (χ0v) is 17.2. The van der Waals surface area contributed by atoms with Crippen molar-refractivity contribution < 1.29 is 17.9 Å². The van der Waals surface area contributed by atoms with Gasteiger partial charge in [0.15, 0.2) is 0 Å². The zero-order valence-electron chi connectivity index (χ0n) is 16.4. The second-order valence-corrected chi connectivity index (χ2v) is 8.71. The molecule has 0 fully saturated rings. The van der Waals surface area contributed by atoms with E-state index in [1.54, 1.807) is 18.2 Å². The van der Waals surface area contributed by atoms with Crippen molar-refractivity contribution in [1.29, 1.82) is 0 Å².